The molecule has 0 amide bonds. The number of esters is 1. The number of ether oxygens (including phenoxy) is 1. The van der Waals surface area contributed by atoms with Crippen LogP contribution in [0.25, 0.3) is 0 Å². The molecule has 0 atom stereocenters. The molecule has 0 unspecified atom stereocenters. The number of benzene rings is 1. The lowest BCUT2D eigenvalue weighted by Crippen LogP contribution is -2.10. The fourth-order valence-electron chi connectivity index (χ4n) is 1.39. The third kappa shape index (κ3) is 1.91. The average Bonchev–Trinajstić information content (AvgIpc) is 2.68. The van der Waals surface area contributed by atoms with Crippen LogP contribution in [0, 0.1) is 6.92 Å². The zero-order chi connectivity index (χ0) is 11.5. The standard InChI is InChI=1S/C12H12N2O2/c1-8-4-2-3-5-10(8)16-12(15)9-6-7-14-11(9)13/h2-7,14H,13H2,1H3. The Balaban J connectivity index is 2.21. The Morgan fingerprint density at radius 1 is 1.31 bits per heavy atom. The van der Waals surface area contributed by atoms with Gasteiger partial charge in [-0.25, -0.2) is 4.79 Å². The molecule has 0 aliphatic carbocycles. The Kier molecular flexibility index (Phi) is 2.64. The zero-order valence-electron chi connectivity index (χ0n) is 8.86. The van der Waals surface area contributed by atoms with Gasteiger partial charge in [0.1, 0.15) is 17.1 Å². The summed E-state index contributed by atoms with van der Waals surface area (Å²) < 4.78 is 5.23. The number of hydrogen-bond acceptors (Lipinski definition) is 3. The number of hydrogen-bond donors (Lipinski definition) is 2. The van der Waals surface area contributed by atoms with Crippen LogP contribution in [0.3, 0.4) is 0 Å². The molecule has 0 radical (unpaired) electrons. The number of nitrogen functional groups attached to an aromatic ring is 1. The van der Waals surface area contributed by atoms with Crippen LogP contribution in [0.1, 0.15) is 15.9 Å². The van der Waals surface area contributed by atoms with Gasteiger partial charge in [-0.15, -0.1) is 0 Å². The van der Waals surface area contributed by atoms with E-state index >= 15 is 0 Å². The van der Waals surface area contributed by atoms with Gasteiger partial charge in [0.15, 0.2) is 0 Å². The summed E-state index contributed by atoms with van der Waals surface area (Å²) in [6.07, 6.45) is 1.60. The summed E-state index contributed by atoms with van der Waals surface area (Å²) in [5.41, 5.74) is 6.83. The van der Waals surface area contributed by atoms with Gasteiger partial charge in [-0.3, -0.25) is 0 Å². The van der Waals surface area contributed by atoms with Gasteiger partial charge in [0, 0.05) is 6.20 Å². The minimum atomic E-state index is -0.451. The van der Waals surface area contributed by atoms with Crippen LogP contribution in [0.5, 0.6) is 5.75 Å². The number of anilines is 1. The molecule has 4 heteroatoms. The largest absolute Gasteiger partial charge is 0.423 e. The van der Waals surface area contributed by atoms with E-state index in [9.17, 15) is 4.79 Å². The van der Waals surface area contributed by atoms with Crippen LogP contribution in [0.4, 0.5) is 5.82 Å². The molecule has 1 heterocycles. The van der Waals surface area contributed by atoms with Crippen molar-refractivity contribution in [2.24, 2.45) is 0 Å². The normalized spacial score (nSPS) is 10.1. The maximum Gasteiger partial charge on any atom is 0.347 e. The number of nitrogens with one attached hydrogen (secondary N) is 1. The highest BCUT2D eigenvalue weighted by Crippen LogP contribution is 2.19. The van der Waals surface area contributed by atoms with Crippen molar-refractivity contribution >= 4 is 11.8 Å². The van der Waals surface area contributed by atoms with Crippen molar-refractivity contribution < 1.29 is 9.53 Å². The second kappa shape index (κ2) is 4.10. The van der Waals surface area contributed by atoms with Crippen molar-refractivity contribution in [1.82, 2.24) is 4.98 Å². The van der Waals surface area contributed by atoms with Crippen LogP contribution in [0.2, 0.25) is 0 Å². The van der Waals surface area contributed by atoms with Gasteiger partial charge in [0.2, 0.25) is 0 Å². The van der Waals surface area contributed by atoms with Crippen molar-refractivity contribution in [3.63, 3.8) is 0 Å². The number of para-hydroxylation sites is 1. The lowest BCUT2D eigenvalue weighted by Gasteiger charge is -2.06. The fraction of sp³-hybridized carbons (Fsp3) is 0.0833. The molecule has 0 fully saturated rings. The molecule has 2 rings (SSSR count). The van der Waals surface area contributed by atoms with Crippen LogP contribution >= 0.6 is 0 Å². The third-order valence-corrected chi connectivity index (χ3v) is 2.30. The average molecular weight is 216 g/mol. The Morgan fingerprint density at radius 2 is 2.06 bits per heavy atom. The topological polar surface area (TPSA) is 68.1 Å². The van der Waals surface area contributed by atoms with Crippen LogP contribution in [-0.4, -0.2) is 11.0 Å². The van der Waals surface area contributed by atoms with Gasteiger partial charge in [0.25, 0.3) is 0 Å². The molecule has 1 aromatic heterocycles. The van der Waals surface area contributed by atoms with E-state index in [1.807, 2.05) is 25.1 Å². The number of carbonyl (C=O) groups is 1. The first-order valence-corrected chi connectivity index (χ1v) is 4.89. The quantitative estimate of drug-likeness (QED) is 0.596. The first-order chi connectivity index (χ1) is 7.68. The van der Waals surface area contributed by atoms with Crippen molar-refractivity contribution in [2.75, 3.05) is 5.73 Å². The number of carbonyl (C=O) groups excluding carboxylic acids is 1. The van der Waals surface area contributed by atoms with E-state index in [4.69, 9.17) is 10.5 Å². The van der Waals surface area contributed by atoms with Crippen LogP contribution in [-0.2, 0) is 0 Å². The van der Waals surface area contributed by atoms with E-state index < -0.39 is 5.97 Å². The first kappa shape index (κ1) is 10.3. The number of H-pyrrole nitrogens is 1. The summed E-state index contributed by atoms with van der Waals surface area (Å²) in [6, 6.07) is 8.92. The lowest BCUT2D eigenvalue weighted by atomic mass is 10.2. The van der Waals surface area contributed by atoms with E-state index in [1.54, 1.807) is 18.3 Å². The van der Waals surface area contributed by atoms with Gasteiger partial charge >= 0.3 is 5.97 Å². The molecule has 3 N–H and O–H groups in total. The fourth-order valence-corrected chi connectivity index (χ4v) is 1.39. The Hall–Kier alpha value is -2.23. The zero-order valence-corrected chi connectivity index (χ0v) is 8.86. The molecule has 2 aromatic rings. The molecule has 4 nitrogen and oxygen atoms in total. The number of nitrogens with two attached hydrogens (primary N) is 1. The summed E-state index contributed by atoms with van der Waals surface area (Å²) in [6.45, 7) is 1.88. The minimum Gasteiger partial charge on any atom is -0.423 e. The second-order valence-electron chi connectivity index (χ2n) is 3.46. The number of aromatic nitrogens is 1. The van der Waals surface area contributed by atoms with E-state index in [0.717, 1.165) is 5.56 Å². The predicted octanol–water partition coefficient (Wildman–Crippen LogP) is 2.12. The van der Waals surface area contributed by atoms with Crippen molar-refractivity contribution in [1.29, 1.82) is 0 Å². The van der Waals surface area contributed by atoms with Crippen molar-refractivity contribution in [3.8, 4) is 5.75 Å². The Morgan fingerprint density at radius 3 is 2.69 bits per heavy atom. The highest BCUT2D eigenvalue weighted by molar-refractivity contribution is 5.95. The molecule has 0 aliphatic rings. The number of rotatable bonds is 2. The molecule has 0 saturated carbocycles. The highest BCUT2D eigenvalue weighted by atomic mass is 16.5. The van der Waals surface area contributed by atoms with Crippen LogP contribution < -0.4 is 10.5 Å². The summed E-state index contributed by atoms with van der Waals surface area (Å²) in [5, 5.41) is 0. The van der Waals surface area contributed by atoms with E-state index in [0.29, 0.717) is 17.1 Å². The van der Waals surface area contributed by atoms with Gasteiger partial charge < -0.3 is 15.5 Å². The minimum absolute atomic E-state index is 0.318. The van der Waals surface area contributed by atoms with Crippen LogP contribution in [0.15, 0.2) is 36.5 Å². The highest BCUT2D eigenvalue weighted by Gasteiger charge is 2.13. The number of aryl methyl sites for hydroxylation is 1. The van der Waals surface area contributed by atoms with Gasteiger partial charge in [-0.05, 0) is 24.6 Å². The summed E-state index contributed by atoms with van der Waals surface area (Å²) >= 11 is 0. The smallest absolute Gasteiger partial charge is 0.347 e. The van der Waals surface area contributed by atoms with Gasteiger partial charge in [0.05, 0.1) is 0 Å². The Bertz CT molecular complexity index is 517. The summed E-state index contributed by atoms with van der Waals surface area (Å²) in [5.74, 6) is 0.416. The predicted molar refractivity (Wildman–Crippen MR) is 61.3 cm³/mol. The summed E-state index contributed by atoms with van der Waals surface area (Å²) in [4.78, 5) is 14.5. The maximum atomic E-state index is 11.7. The molecule has 1 aromatic carbocycles. The molecule has 0 aliphatic heterocycles. The van der Waals surface area contributed by atoms with Crippen molar-refractivity contribution in [3.05, 3.63) is 47.7 Å². The van der Waals surface area contributed by atoms with Crippen molar-refractivity contribution in [2.45, 2.75) is 6.92 Å². The van der Waals surface area contributed by atoms with E-state index in [-0.39, 0.29) is 0 Å². The van der Waals surface area contributed by atoms with E-state index in [2.05, 4.69) is 4.98 Å². The Labute approximate surface area is 93.0 Å². The summed E-state index contributed by atoms with van der Waals surface area (Å²) in [7, 11) is 0. The molecule has 0 bridgehead atoms. The molecule has 82 valence electrons. The third-order valence-electron chi connectivity index (χ3n) is 2.30. The molecule has 16 heavy (non-hydrogen) atoms. The number of aromatic amines is 1. The SMILES string of the molecule is Cc1ccccc1OC(=O)c1cc[nH]c1N. The molecule has 0 spiro atoms. The lowest BCUT2D eigenvalue weighted by molar-refractivity contribution is 0.0735. The van der Waals surface area contributed by atoms with Gasteiger partial charge in [-0.1, -0.05) is 18.2 Å². The first-order valence-electron chi connectivity index (χ1n) is 4.89. The monoisotopic (exact) mass is 216 g/mol. The van der Waals surface area contributed by atoms with E-state index in [1.165, 1.54) is 0 Å². The molecular weight excluding hydrogens is 204 g/mol. The second-order valence-corrected chi connectivity index (χ2v) is 3.46. The maximum absolute atomic E-state index is 11.7. The molecular formula is C12H12N2O2. The van der Waals surface area contributed by atoms with Gasteiger partial charge in [-0.2, -0.15) is 0 Å². The molecule has 0 saturated heterocycles.